The molecule has 0 unspecified atom stereocenters. The van der Waals surface area contributed by atoms with Crippen molar-refractivity contribution in [1.82, 2.24) is 14.8 Å². The maximum absolute atomic E-state index is 9.39. The van der Waals surface area contributed by atoms with Gasteiger partial charge >= 0.3 is 0 Å². The molecule has 1 aliphatic heterocycles. The van der Waals surface area contributed by atoms with Crippen LogP contribution in [-0.2, 0) is 26.2 Å². The molecule has 0 fully saturated rings. The number of hydrogen-bond donors (Lipinski definition) is 1. The van der Waals surface area contributed by atoms with Crippen molar-refractivity contribution < 1.29 is 9.84 Å². The lowest BCUT2D eigenvalue weighted by Crippen LogP contribution is -2.14. The fourth-order valence-corrected chi connectivity index (χ4v) is 3.09. The van der Waals surface area contributed by atoms with Gasteiger partial charge in [0, 0.05) is 23.6 Å². The van der Waals surface area contributed by atoms with Crippen LogP contribution in [0.15, 0.2) is 12.1 Å². The topological polar surface area (TPSA) is 60.2 Å². The van der Waals surface area contributed by atoms with Crippen molar-refractivity contribution in [1.29, 1.82) is 0 Å². The molecular formula is C14H15Cl2N3O2. The van der Waals surface area contributed by atoms with E-state index in [4.69, 9.17) is 27.9 Å². The summed E-state index contributed by atoms with van der Waals surface area (Å²) in [6.07, 6.45) is 3.23. The van der Waals surface area contributed by atoms with Crippen LogP contribution in [0.4, 0.5) is 0 Å². The maximum Gasteiger partial charge on any atom is 0.171 e. The summed E-state index contributed by atoms with van der Waals surface area (Å²) < 4.78 is 7.84. The molecular weight excluding hydrogens is 313 g/mol. The molecule has 21 heavy (non-hydrogen) atoms. The van der Waals surface area contributed by atoms with Crippen LogP contribution in [0.25, 0.3) is 0 Å². The Kier molecular flexibility index (Phi) is 4.33. The van der Waals surface area contributed by atoms with Gasteiger partial charge in [-0.3, -0.25) is 0 Å². The minimum atomic E-state index is -0.187. The van der Waals surface area contributed by atoms with Crippen LogP contribution in [0.2, 0.25) is 10.0 Å². The molecule has 112 valence electrons. The minimum absolute atomic E-state index is 0.187. The number of aromatic nitrogens is 3. The van der Waals surface area contributed by atoms with Gasteiger partial charge in [-0.2, -0.15) is 0 Å². The maximum atomic E-state index is 9.39. The summed E-state index contributed by atoms with van der Waals surface area (Å²) in [4.78, 5) is 0. The van der Waals surface area contributed by atoms with Crippen molar-refractivity contribution in [2.75, 3.05) is 0 Å². The van der Waals surface area contributed by atoms with E-state index < -0.39 is 0 Å². The third-order valence-electron chi connectivity index (χ3n) is 3.54. The van der Waals surface area contributed by atoms with Crippen LogP contribution in [0.1, 0.15) is 30.1 Å². The predicted octanol–water partition coefficient (Wildman–Crippen LogP) is 2.99. The number of halogens is 2. The monoisotopic (exact) mass is 327 g/mol. The number of aryl methyl sites for hydroxylation is 1. The Morgan fingerprint density at radius 2 is 2.10 bits per heavy atom. The van der Waals surface area contributed by atoms with Gasteiger partial charge in [0.25, 0.3) is 0 Å². The predicted molar refractivity (Wildman–Crippen MR) is 79.7 cm³/mol. The molecule has 2 aromatic rings. The first-order chi connectivity index (χ1) is 10.2. The van der Waals surface area contributed by atoms with E-state index in [9.17, 15) is 5.11 Å². The average Bonchev–Trinajstić information content (AvgIpc) is 2.89. The van der Waals surface area contributed by atoms with E-state index in [1.54, 1.807) is 12.1 Å². The molecule has 0 radical (unpaired) electrons. The summed E-state index contributed by atoms with van der Waals surface area (Å²) in [5.74, 6) is 2.22. The third kappa shape index (κ3) is 3.00. The van der Waals surface area contributed by atoms with Crippen molar-refractivity contribution in [2.45, 2.75) is 39.0 Å². The standard InChI is InChI=1S/C14H15Cl2N3O2/c15-10-5-9(7-20)14(11(16)6-10)21-8-13-18-17-12-3-1-2-4-19(12)13/h5-6,20H,1-4,7-8H2. The second-order valence-corrected chi connectivity index (χ2v) is 5.81. The zero-order valence-electron chi connectivity index (χ0n) is 11.4. The Balaban J connectivity index is 1.81. The molecule has 5 nitrogen and oxygen atoms in total. The lowest BCUT2D eigenvalue weighted by Gasteiger charge is -2.16. The second-order valence-electron chi connectivity index (χ2n) is 4.96. The highest BCUT2D eigenvalue weighted by atomic mass is 35.5. The van der Waals surface area contributed by atoms with Gasteiger partial charge in [0.1, 0.15) is 18.2 Å². The van der Waals surface area contributed by atoms with E-state index in [1.807, 2.05) is 0 Å². The average molecular weight is 328 g/mol. The molecule has 0 amide bonds. The first-order valence-corrected chi connectivity index (χ1v) is 7.57. The van der Waals surface area contributed by atoms with Crippen molar-refractivity contribution in [2.24, 2.45) is 0 Å². The molecule has 1 aromatic carbocycles. The first-order valence-electron chi connectivity index (χ1n) is 6.81. The summed E-state index contributed by atoms with van der Waals surface area (Å²) in [6.45, 7) is 0.997. The van der Waals surface area contributed by atoms with Crippen LogP contribution < -0.4 is 4.74 Å². The molecule has 0 saturated carbocycles. The number of hydrogen-bond acceptors (Lipinski definition) is 4. The number of ether oxygens (including phenoxy) is 1. The van der Waals surface area contributed by atoms with Gasteiger partial charge < -0.3 is 14.4 Å². The van der Waals surface area contributed by atoms with Gasteiger partial charge in [-0.1, -0.05) is 23.2 Å². The van der Waals surface area contributed by atoms with Crippen LogP contribution in [0.3, 0.4) is 0 Å². The third-order valence-corrected chi connectivity index (χ3v) is 4.04. The molecule has 0 bridgehead atoms. The van der Waals surface area contributed by atoms with Crippen LogP contribution in [-0.4, -0.2) is 19.9 Å². The first kappa shape index (κ1) is 14.6. The van der Waals surface area contributed by atoms with Gasteiger partial charge in [0.05, 0.1) is 11.6 Å². The van der Waals surface area contributed by atoms with Gasteiger partial charge in [-0.25, -0.2) is 0 Å². The number of benzene rings is 1. The van der Waals surface area contributed by atoms with Crippen LogP contribution in [0.5, 0.6) is 5.75 Å². The van der Waals surface area contributed by atoms with E-state index in [0.29, 0.717) is 21.4 Å². The lowest BCUT2D eigenvalue weighted by atomic mass is 10.2. The number of nitrogens with zero attached hydrogens (tertiary/aromatic N) is 3. The summed E-state index contributed by atoms with van der Waals surface area (Å²) in [5.41, 5.74) is 0.561. The Labute approximate surface area is 132 Å². The highest BCUT2D eigenvalue weighted by Gasteiger charge is 2.17. The lowest BCUT2D eigenvalue weighted by molar-refractivity contribution is 0.252. The fourth-order valence-electron chi connectivity index (χ4n) is 2.50. The SMILES string of the molecule is OCc1cc(Cl)cc(Cl)c1OCc1nnc2n1CCCC2. The Morgan fingerprint density at radius 3 is 2.90 bits per heavy atom. The zero-order chi connectivity index (χ0) is 14.8. The van der Waals surface area contributed by atoms with Crippen molar-refractivity contribution in [3.8, 4) is 5.75 Å². The summed E-state index contributed by atoms with van der Waals surface area (Å²) in [6, 6.07) is 3.24. The smallest absolute Gasteiger partial charge is 0.171 e. The Bertz CT molecular complexity index is 658. The van der Waals surface area contributed by atoms with Crippen molar-refractivity contribution >= 4 is 23.2 Å². The Morgan fingerprint density at radius 1 is 1.24 bits per heavy atom. The molecule has 1 aliphatic rings. The number of fused-ring (bicyclic) bond motifs is 1. The van der Waals surface area contributed by atoms with Crippen molar-refractivity contribution in [3.05, 3.63) is 39.4 Å². The highest BCUT2D eigenvalue weighted by Crippen LogP contribution is 2.33. The van der Waals surface area contributed by atoms with E-state index in [1.165, 1.54) is 0 Å². The molecule has 2 heterocycles. The zero-order valence-corrected chi connectivity index (χ0v) is 12.9. The van der Waals surface area contributed by atoms with Crippen molar-refractivity contribution in [3.63, 3.8) is 0 Å². The van der Waals surface area contributed by atoms with Gasteiger partial charge in [-0.05, 0) is 25.0 Å². The van der Waals surface area contributed by atoms with Crippen LogP contribution in [0, 0.1) is 0 Å². The number of aliphatic hydroxyl groups excluding tert-OH is 1. The Hall–Kier alpha value is -1.30. The largest absolute Gasteiger partial charge is 0.484 e. The molecule has 0 spiro atoms. The number of rotatable bonds is 4. The highest BCUT2D eigenvalue weighted by molar-refractivity contribution is 6.35. The van der Waals surface area contributed by atoms with Crippen LogP contribution >= 0.6 is 23.2 Å². The van der Waals surface area contributed by atoms with E-state index in [0.717, 1.165) is 37.5 Å². The quantitative estimate of drug-likeness (QED) is 0.937. The molecule has 7 heteroatoms. The minimum Gasteiger partial charge on any atom is -0.484 e. The van der Waals surface area contributed by atoms with E-state index in [2.05, 4.69) is 14.8 Å². The summed E-state index contributed by atoms with van der Waals surface area (Å²) in [7, 11) is 0. The second kappa shape index (κ2) is 6.22. The molecule has 1 N–H and O–H groups in total. The van der Waals surface area contributed by atoms with Gasteiger partial charge in [-0.15, -0.1) is 10.2 Å². The molecule has 3 rings (SSSR count). The van der Waals surface area contributed by atoms with Gasteiger partial charge in [0.15, 0.2) is 5.82 Å². The molecule has 0 atom stereocenters. The fraction of sp³-hybridized carbons (Fsp3) is 0.429. The summed E-state index contributed by atoms with van der Waals surface area (Å²) in [5, 5.41) is 18.6. The van der Waals surface area contributed by atoms with E-state index >= 15 is 0 Å². The van der Waals surface area contributed by atoms with Gasteiger partial charge in [0.2, 0.25) is 0 Å². The molecule has 1 aromatic heterocycles. The van der Waals surface area contributed by atoms with E-state index in [-0.39, 0.29) is 13.2 Å². The molecule has 0 saturated heterocycles. The summed E-state index contributed by atoms with van der Waals surface area (Å²) >= 11 is 12.1. The molecule has 0 aliphatic carbocycles. The number of aliphatic hydroxyl groups is 1. The normalized spacial score (nSPS) is 14.0.